The number of anilines is 1. The van der Waals surface area contributed by atoms with Crippen LogP contribution in [-0.4, -0.2) is 17.9 Å². The van der Waals surface area contributed by atoms with Crippen LogP contribution in [0.3, 0.4) is 0 Å². The van der Waals surface area contributed by atoms with Gasteiger partial charge in [-0.15, -0.1) is 0 Å². The number of amides is 2. The summed E-state index contributed by atoms with van der Waals surface area (Å²) in [4.78, 5) is 24.3. The van der Waals surface area contributed by atoms with Crippen LogP contribution in [0.15, 0.2) is 18.2 Å². The first kappa shape index (κ1) is 16.8. The Kier molecular flexibility index (Phi) is 5.42. The highest BCUT2D eigenvalue weighted by molar-refractivity contribution is 6.35. The van der Waals surface area contributed by atoms with Gasteiger partial charge in [-0.3, -0.25) is 9.59 Å². The van der Waals surface area contributed by atoms with Crippen LogP contribution in [0.5, 0.6) is 0 Å². The predicted molar refractivity (Wildman–Crippen MR) is 82.2 cm³/mol. The summed E-state index contributed by atoms with van der Waals surface area (Å²) in [5.74, 6) is -0.789. The Morgan fingerprint density at radius 3 is 2.30 bits per heavy atom. The maximum absolute atomic E-state index is 12.2. The topological polar surface area (TPSA) is 58.2 Å². The fraction of sp³-hybridized carbons (Fsp3) is 0.429. The van der Waals surface area contributed by atoms with E-state index in [1.54, 1.807) is 26.0 Å². The number of hydrogen-bond donors (Lipinski definition) is 2. The molecule has 2 N–H and O–H groups in total. The molecule has 110 valence electrons. The summed E-state index contributed by atoms with van der Waals surface area (Å²) in [6.45, 7) is 6.77. The minimum absolute atomic E-state index is 0.0377. The van der Waals surface area contributed by atoms with Crippen molar-refractivity contribution in [2.75, 3.05) is 5.32 Å². The molecule has 0 aliphatic carbocycles. The number of halogens is 2. The maximum Gasteiger partial charge on any atom is 0.239 e. The van der Waals surface area contributed by atoms with Gasteiger partial charge in [-0.1, -0.05) is 23.2 Å². The van der Waals surface area contributed by atoms with Gasteiger partial charge in [-0.05, 0) is 45.9 Å². The fourth-order valence-corrected chi connectivity index (χ4v) is 1.75. The van der Waals surface area contributed by atoms with Crippen LogP contribution in [-0.2, 0) is 9.59 Å². The van der Waals surface area contributed by atoms with E-state index < -0.39 is 11.3 Å². The zero-order chi connectivity index (χ0) is 15.5. The monoisotopic (exact) mass is 316 g/mol. The molecule has 0 spiro atoms. The normalized spacial score (nSPS) is 11.3. The van der Waals surface area contributed by atoms with Crippen molar-refractivity contribution in [3.63, 3.8) is 0 Å². The predicted octanol–water partition coefficient (Wildman–Crippen LogP) is 3.48. The quantitative estimate of drug-likeness (QED) is 0.835. The molecule has 0 atom stereocenters. The lowest BCUT2D eigenvalue weighted by molar-refractivity contribution is -0.138. The van der Waals surface area contributed by atoms with Gasteiger partial charge in [-0.25, -0.2) is 0 Å². The SMILES string of the molecule is CC(C)NC(=O)C(C)(C)C(=O)Nc1cc(Cl)ccc1Cl. The minimum atomic E-state index is -1.21. The first-order valence-electron chi connectivity index (χ1n) is 6.22. The van der Waals surface area contributed by atoms with E-state index in [0.29, 0.717) is 15.7 Å². The molecule has 1 rings (SSSR count). The summed E-state index contributed by atoms with van der Waals surface area (Å²) in [7, 11) is 0. The summed E-state index contributed by atoms with van der Waals surface area (Å²) in [6.07, 6.45) is 0. The molecule has 0 saturated heterocycles. The highest BCUT2D eigenvalue weighted by Crippen LogP contribution is 2.27. The van der Waals surface area contributed by atoms with Gasteiger partial charge in [-0.2, -0.15) is 0 Å². The summed E-state index contributed by atoms with van der Waals surface area (Å²) >= 11 is 11.8. The Morgan fingerprint density at radius 2 is 1.75 bits per heavy atom. The summed E-state index contributed by atoms with van der Waals surface area (Å²) in [6, 6.07) is 4.71. The zero-order valence-corrected chi connectivity index (χ0v) is 13.4. The molecule has 0 unspecified atom stereocenters. The van der Waals surface area contributed by atoms with Crippen LogP contribution < -0.4 is 10.6 Å². The molecular weight excluding hydrogens is 299 g/mol. The van der Waals surface area contributed by atoms with Crippen molar-refractivity contribution in [2.24, 2.45) is 5.41 Å². The van der Waals surface area contributed by atoms with E-state index in [9.17, 15) is 9.59 Å². The highest BCUT2D eigenvalue weighted by atomic mass is 35.5. The second kappa shape index (κ2) is 6.46. The van der Waals surface area contributed by atoms with Gasteiger partial charge in [0.05, 0.1) is 10.7 Å². The van der Waals surface area contributed by atoms with E-state index in [4.69, 9.17) is 23.2 Å². The Labute approximate surface area is 128 Å². The van der Waals surface area contributed by atoms with Crippen molar-refractivity contribution in [1.82, 2.24) is 5.32 Å². The molecule has 4 nitrogen and oxygen atoms in total. The van der Waals surface area contributed by atoms with Crippen molar-refractivity contribution < 1.29 is 9.59 Å². The van der Waals surface area contributed by atoms with E-state index in [0.717, 1.165) is 0 Å². The third kappa shape index (κ3) is 4.12. The Hall–Kier alpha value is -1.26. The van der Waals surface area contributed by atoms with Gasteiger partial charge in [0.25, 0.3) is 0 Å². The summed E-state index contributed by atoms with van der Waals surface area (Å²) < 4.78 is 0. The molecule has 0 fully saturated rings. The molecule has 0 bridgehead atoms. The van der Waals surface area contributed by atoms with Gasteiger partial charge in [0, 0.05) is 11.1 Å². The van der Waals surface area contributed by atoms with Crippen LogP contribution >= 0.6 is 23.2 Å². The Balaban J connectivity index is 2.89. The number of carbonyl (C=O) groups excluding carboxylic acids is 2. The van der Waals surface area contributed by atoms with Crippen molar-refractivity contribution in [1.29, 1.82) is 0 Å². The second-order valence-electron chi connectivity index (χ2n) is 5.33. The van der Waals surface area contributed by atoms with Gasteiger partial charge >= 0.3 is 0 Å². The minimum Gasteiger partial charge on any atom is -0.353 e. The molecule has 0 heterocycles. The largest absolute Gasteiger partial charge is 0.353 e. The molecule has 6 heteroatoms. The standard InChI is InChI=1S/C14H18Cl2N2O2/c1-8(2)17-12(19)14(3,4)13(20)18-11-7-9(15)5-6-10(11)16/h5-8H,1-4H3,(H,17,19)(H,18,20). The number of carbonyl (C=O) groups is 2. The molecule has 1 aromatic carbocycles. The number of nitrogens with one attached hydrogen (secondary N) is 2. The van der Waals surface area contributed by atoms with Gasteiger partial charge in [0.2, 0.25) is 11.8 Å². The lowest BCUT2D eigenvalue weighted by Crippen LogP contribution is -2.47. The second-order valence-corrected chi connectivity index (χ2v) is 6.18. The lowest BCUT2D eigenvalue weighted by atomic mass is 9.90. The molecular formula is C14H18Cl2N2O2. The Bertz CT molecular complexity index is 528. The van der Waals surface area contributed by atoms with Gasteiger partial charge in [0.1, 0.15) is 5.41 Å². The van der Waals surface area contributed by atoms with Gasteiger partial charge in [0.15, 0.2) is 0 Å². The average molecular weight is 317 g/mol. The van der Waals surface area contributed by atoms with Crippen molar-refractivity contribution in [3.05, 3.63) is 28.2 Å². The molecule has 0 saturated carbocycles. The number of hydrogen-bond acceptors (Lipinski definition) is 2. The first-order chi connectivity index (χ1) is 9.14. The van der Waals surface area contributed by atoms with Crippen LogP contribution in [0.25, 0.3) is 0 Å². The van der Waals surface area contributed by atoms with Crippen molar-refractivity contribution >= 4 is 40.7 Å². The molecule has 0 aromatic heterocycles. The average Bonchev–Trinajstić information content (AvgIpc) is 2.32. The van der Waals surface area contributed by atoms with Crippen molar-refractivity contribution in [2.45, 2.75) is 33.7 Å². The third-order valence-corrected chi connectivity index (χ3v) is 3.30. The van der Waals surface area contributed by atoms with Crippen LogP contribution in [0, 0.1) is 5.41 Å². The maximum atomic E-state index is 12.2. The smallest absolute Gasteiger partial charge is 0.239 e. The van der Waals surface area contributed by atoms with Gasteiger partial charge < -0.3 is 10.6 Å². The molecule has 1 aromatic rings. The van der Waals surface area contributed by atoms with Crippen LogP contribution in [0.1, 0.15) is 27.7 Å². The number of rotatable bonds is 4. The van der Waals surface area contributed by atoms with Crippen LogP contribution in [0.4, 0.5) is 5.69 Å². The molecule has 0 aliphatic rings. The van der Waals surface area contributed by atoms with Crippen LogP contribution in [0.2, 0.25) is 10.0 Å². The summed E-state index contributed by atoms with van der Waals surface area (Å²) in [5, 5.41) is 6.16. The lowest BCUT2D eigenvalue weighted by Gasteiger charge is -2.24. The molecule has 0 aliphatic heterocycles. The van der Waals surface area contributed by atoms with E-state index in [1.807, 2.05) is 13.8 Å². The van der Waals surface area contributed by atoms with E-state index in [2.05, 4.69) is 10.6 Å². The van der Waals surface area contributed by atoms with E-state index >= 15 is 0 Å². The molecule has 0 radical (unpaired) electrons. The zero-order valence-electron chi connectivity index (χ0n) is 11.9. The Morgan fingerprint density at radius 1 is 1.15 bits per heavy atom. The van der Waals surface area contributed by atoms with E-state index in [-0.39, 0.29) is 11.9 Å². The molecule has 20 heavy (non-hydrogen) atoms. The highest BCUT2D eigenvalue weighted by Gasteiger charge is 2.36. The first-order valence-corrected chi connectivity index (χ1v) is 6.97. The molecule has 2 amide bonds. The van der Waals surface area contributed by atoms with Crippen molar-refractivity contribution in [3.8, 4) is 0 Å². The third-order valence-electron chi connectivity index (χ3n) is 2.73. The van der Waals surface area contributed by atoms with E-state index in [1.165, 1.54) is 6.07 Å². The number of benzene rings is 1. The fourth-order valence-electron chi connectivity index (χ4n) is 1.42. The summed E-state index contributed by atoms with van der Waals surface area (Å²) in [5.41, 5.74) is -0.829.